The number of rotatable bonds is 4. The van der Waals surface area contributed by atoms with Crippen LogP contribution in [0.5, 0.6) is 0 Å². The number of aliphatic imine (C=N–C) groups is 1. The van der Waals surface area contributed by atoms with Crippen molar-refractivity contribution in [2.75, 3.05) is 0 Å². The van der Waals surface area contributed by atoms with Crippen LogP contribution in [0, 0.1) is 5.82 Å². The van der Waals surface area contributed by atoms with E-state index in [1.165, 1.54) is 18.3 Å². The van der Waals surface area contributed by atoms with E-state index in [0.29, 0.717) is 6.54 Å². The number of nitrogens with one attached hydrogen (secondary N) is 1. The first-order valence-electron chi connectivity index (χ1n) is 3.92. The molecule has 0 atom stereocenters. The molecule has 0 saturated heterocycles. The van der Waals surface area contributed by atoms with Gasteiger partial charge in [-0.2, -0.15) is 0 Å². The average molecular weight is 178 g/mol. The van der Waals surface area contributed by atoms with Crippen molar-refractivity contribution < 1.29 is 4.39 Å². The molecule has 2 nitrogen and oxygen atoms in total. The Morgan fingerprint density at radius 3 is 2.69 bits per heavy atom. The third-order valence-corrected chi connectivity index (χ3v) is 1.47. The van der Waals surface area contributed by atoms with Gasteiger partial charge in [-0.05, 0) is 23.9 Å². The van der Waals surface area contributed by atoms with Crippen LogP contribution in [0.4, 0.5) is 4.39 Å². The van der Waals surface area contributed by atoms with Crippen LogP contribution in [0.3, 0.4) is 0 Å². The Bertz CT molecular complexity index is 290. The zero-order chi connectivity index (χ0) is 9.52. The van der Waals surface area contributed by atoms with Crippen molar-refractivity contribution in [1.29, 1.82) is 0 Å². The van der Waals surface area contributed by atoms with Gasteiger partial charge in [0.05, 0.1) is 12.9 Å². The van der Waals surface area contributed by atoms with Gasteiger partial charge in [-0.1, -0.05) is 18.7 Å². The average Bonchev–Trinajstić information content (AvgIpc) is 2.15. The third kappa shape index (κ3) is 3.51. The highest BCUT2D eigenvalue weighted by Crippen LogP contribution is 2.03. The molecule has 0 unspecified atom stereocenters. The minimum absolute atomic E-state index is 0.225. The molecule has 1 rings (SSSR count). The van der Waals surface area contributed by atoms with Crippen LogP contribution >= 0.6 is 0 Å². The summed E-state index contributed by atoms with van der Waals surface area (Å²) < 4.78 is 12.5. The van der Waals surface area contributed by atoms with E-state index in [4.69, 9.17) is 0 Å². The van der Waals surface area contributed by atoms with Gasteiger partial charge >= 0.3 is 0 Å². The van der Waals surface area contributed by atoms with Crippen LogP contribution in [-0.2, 0) is 6.54 Å². The molecule has 68 valence electrons. The van der Waals surface area contributed by atoms with E-state index in [1.54, 1.807) is 18.5 Å². The zero-order valence-corrected chi connectivity index (χ0v) is 7.20. The number of hydrogen-bond donors (Lipinski definition) is 1. The number of benzene rings is 1. The summed E-state index contributed by atoms with van der Waals surface area (Å²) >= 11 is 0. The second kappa shape index (κ2) is 5.09. The van der Waals surface area contributed by atoms with E-state index in [2.05, 4.69) is 16.9 Å². The molecule has 0 spiro atoms. The molecular weight excluding hydrogens is 167 g/mol. The minimum atomic E-state index is -0.225. The molecule has 0 amide bonds. The van der Waals surface area contributed by atoms with Gasteiger partial charge in [0, 0.05) is 0 Å². The topological polar surface area (TPSA) is 24.4 Å². The Morgan fingerprint density at radius 1 is 1.38 bits per heavy atom. The van der Waals surface area contributed by atoms with Crippen molar-refractivity contribution in [2.24, 2.45) is 4.99 Å². The van der Waals surface area contributed by atoms with Crippen LogP contribution in [0.25, 0.3) is 0 Å². The smallest absolute Gasteiger partial charge is 0.123 e. The van der Waals surface area contributed by atoms with Crippen LogP contribution in [0.2, 0.25) is 0 Å². The molecule has 0 aliphatic heterocycles. The van der Waals surface area contributed by atoms with Gasteiger partial charge in [-0.25, -0.2) is 4.39 Å². The predicted octanol–water partition coefficient (Wildman–Crippen LogP) is 2.09. The van der Waals surface area contributed by atoms with Crippen LogP contribution < -0.4 is 5.32 Å². The van der Waals surface area contributed by atoms with Crippen LogP contribution in [0.1, 0.15) is 5.56 Å². The maximum Gasteiger partial charge on any atom is 0.123 e. The van der Waals surface area contributed by atoms with Gasteiger partial charge in [0.1, 0.15) is 5.82 Å². The highest BCUT2D eigenvalue weighted by atomic mass is 19.1. The fourth-order valence-electron chi connectivity index (χ4n) is 0.846. The lowest BCUT2D eigenvalue weighted by atomic mass is 10.2. The monoisotopic (exact) mass is 178 g/mol. The molecule has 3 heteroatoms. The molecule has 0 heterocycles. The zero-order valence-electron chi connectivity index (χ0n) is 7.20. The molecule has 0 bridgehead atoms. The molecular formula is C10H11FN2. The van der Waals surface area contributed by atoms with E-state index in [1.807, 2.05) is 0 Å². The van der Waals surface area contributed by atoms with E-state index < -0.39 is 0 Å². The summed E-state index contributed by atoms with van der Waals surface area (Å²) in [5.41, 5.74) is 0.975. The molecule has 0 aromatic heterocycles. The van der Waals surface area contributed by atoms with Gasteiger partial charge in [0.2, 0.25) is 0 Å². The van der Waals surface area contributed by atoms with Crippen LogP contribution in [0.15, 0.2) is 42.0 Å². The fraction of sp³-hybridized carbons (Fsp3) is 0.100. The summed E-state index contributed by atoms with van der Waals surface area (Å²) in [6.07, 6.45) is 3.09. The second-order valence-corrected chi connectivity index (χ2v) is 2.47. The summed E-state index contributed by atoms with van der Waals surface area (Å²) in [5.74, 6) is -0.225. The van der Waals surface area contributed by atoms with Crippen molar-refractivity contribution in [3.63, 3.8) is 0 Å². The highest BCUT2D eigenvalue weighted by molar-refractivity contribution is 5.55. The first-order valence-corrected chi connectivity index (χ1v) is 3.92. The van der Waals surface area contributed by atoms with Gasteiger partial charge in [-0.3, -0.25) is 4.99 Å². The van der Waals surface area contributed by atoms with Gasteiger partial charge < -0.3 is 5.32 Å². The standard InChI is InChI=1S/C10H11FN2/c1-2-12-8-13-7-9-3-5-10(11)6-4-9/h2-6,8H,1,7H2,(H,12,13). The number of nitrogens with zero attached hydrogens (tertiary/aromatic N) is 1. The Morgan fingerprint density at radius 2 is 2.08 bits per heavy atom. The molecule has 0 saturated carbocycles. The molecule has 0 fully saturated rings. The Balaban J connectivity index is 2.45. The van der Waals surface area contributed by atoms with Crippen molar-refractivity contribution in [1.82, 2.24) is 5.32 Å². The third-order valence-electron chi connectivity index (χ3n) is 1.47. The molecule has 0 aliphatic carbocycles. The summed E-state index contributed by atoms with van der Waals surface area (Å²) in [7, 11) is 0. The second-order valence-electron chi connectivity index (χ2n) is 2.47. The van der Waals surface area contributed by atoms with E-state index in [0.717, 1.165) is 5.56 Å². The SMILES string of the molecule is C=CNC=NCc1ccc(F)cc1. The number of hydrogen-bond acceptors (Lipinski definition) is 1. The Kier molecular flexibility index (Phi) is 3.70. The predicted molar refractivity (Wildman–Crippen MR) is 51.9 cm³/mol. The first-order chi connectivity index (χ1) is 6.33. The molecule has 13 heavy (non-hydrogen) atoms. The normalized spacial score (nSPS) is 10.2. The molecule has 1 N–H and O–H groups in total. The highest BCUT2D eigenvalue weighted by Gasteiger charge is 1.90. The van der Waals surface area contributed by atoms with E-state index in [-0.39, 0.29) is 5.82 Å². The first kappa shape index (κ1) is 9.45. The van der Waals surface area contributed by atoms with Crippen LogP contribution in [-0.4, -0.2) is 6.34 Å². The molecule has 0 aliphatic rings. The minimum Gasteiger partial charge on any atom is -0.354 e. The largest absolute Gasteiger partial charge is 0.354 e. The lowest BCUT2D eigenvalue weighted by Crippen LogP contribution is -1.99. The van der Waals surface area contributed by atoms with Crippen molar-refractivity contribution >= 4 is 6.34 Å². The maximum absolute atomic E-state index is 12.5. The Labute approximate surface area is 76.8 Å². The van der Waals surface area contributed by atoms with Gasteiger partial charge in [0.15, 0.2) is 0 Å². The fourth-order valence-corrected chi connectivity index (χ4v) is 0.846. The molecule has 1 aromatic carbocycles. The summed E-state index contributed by atoms with van der Waals surface area (Å²) in [4.78, 5) is 4.03. The van der Waals surface area contributed by atoms with Crippen molar-refractivity contribution in [3.8, 4) is 0 Å². The lowest BCUT2D eigenvalue weighted by molar-refractivity contribution is 0.627. The molecule has 0 radical (unpaired) electrons. The van der Waals surface area contributed by atoms with E-state index >= 15 is 0 Å². The van der Waals surface area contributed by atoms with Gasteiger partial charge in [0.25, 0.3) is 0 Å². The van der Waals surface area contributed by atoms with E-state index in [9.17, 15) is 4.39 Å². The molecule has 1 aromatic rings. The lowest BCUT2D eigenvalue weighted by Gasteiger charge is -1.95. The summed E-state index contributed by atoms with van der Waals surface area (Å²) in [6, 6.07) is 6.26. The van der Waals surface area contributed by atoms with Crippen molar-refractivity contribution in [3.05, 3.63) is 48.4 Å². The number of halogens is 1. The Hall–Kier alpha value is -1.64. The van der Waals surface area contributed by atoms with Gasteiger partial charge in [-0.15, -0.1) is 0 Å². The maximum atomic E-state index is 12.5. The quantitative estimate of drug-likeness (QED) is 0.554. The summed E-state index contributed by atoms with van der Waals surface area (Å²) in [5, 5.41) is 2.73. The summed E-state index contributed by atoms with van der Waals surface area (Å²) in [6.45, 7) is 4.01. The van der Waals surface area contributed by atoms with Crippen molar-refractivity contribution in [2.45, 2.75) is 6.54 Å².